The summed E-state index contributed by atoms with van der Waals surface area (Å²) in [5.41, 5.74) is 1.64. The third kappa shape index (κ3) is 3.63. The van der Waals surface area contributed by atoms with Gasteiger partial charge in [0, 0.05) is 22.6 Å². The van der Waals surface area contributed by atoms with Gasteiger partial charge in [0.25, 0.3) is 0 Å². The molecule has 120 valence electrons. The molecule has 0 saturated carbocycles. The summed E-state index contributed by atoms with van der Waals surface area (Å²) in [6.45, 7) is 0.279. The minimum Gasteiger partial charge on any atom is -0.394 e. The second kappa shape index (κ2) is 6.98. The number of halogens is 1. The topological polar surface area (TPSA) is 67.2 Å². The maximum absolute atomic E-state index is 12.3. The van der Waals surface area contributed by atoms with E-state index in [1.54, 1.807) is 16.8 Å². The van der Waals surface area contributed by atoms with Crippen LogP contribution in [-0.4, -0.2) is 27.4 Å². The number of benzene rings is 1. The average Bonchev–Trinajstić information content (AvgIpc) is 3.19. The van der Waals surface area contributed by atoms with Crippen LogP contribution in [-0.2, 0) is 11.3 Å². The van der Waals surface area contributed by atoms with Crippen LogP contribution in [0.4, 0.5) is 5.82 Å². The van der Waals surface area contributed by atoms with E-state index in [0.717, 1.165) is 24.1 Å². The SMILES string of the molecule is O=C(Nc1cc(-c2ccc(Cl)cc2)nn1CCO)C1CC=CC1. The first-order chi connectivity index (χ1) is 11.2. The fourth-order valence-electron chi connectivity index (χ4n) is 2.60. The predicted octanol–water partition coefficient (Wildman–Crippen LogP) is 3.10. The van der Waals surface area contributed by atoms with E-state index in [0.29, 0.717) is 17.4 Å². The van der Waals surface area contributed by atoms with Gasteiger partial charge in [0.15, 0.2) is 0 Å². The van der Waals surface area contributed by atoms with Crippen molar-refractivity contribution in [2.24, 2.45) is 5.92 Å². The largest absolute Gasteiger partial charge is 0.394 e. The van der Waals surface area contributed by atoms with E-state index in [-0.39, 0.29) is 18.4 Å². The minimum absolute atomic E-state index is 0.0169. The molecular formula is C17H18ClN3O2. The molecule has 2 N–H and O–H groups in total. The summed E-state index contributed by atoms with van der Waals surface area (Å²) in [6, 6.07) is 9.16. The first-order valence-corrected chi connectivity index (χ1v) is 7.95. The number of nitrogens with one attached hydrogen (secondary N) is 1. The number of carbonyl (C=O) groups is 1. The number of anilines is 1. The van der Waals surface area contributed by atoms with Gasteiger partial charge in [-0.15, -0.1) is 0 Å². The van der Waals surface area contributed by atoms with Crippen LogP contribution in [0.5, 0.6) is 0 Å². The smallest absolute Gasteiger partial charge is 0.229 e. The normalized spacial score (nSPS) is 14.3. The monoisotopic (exact) mass is 331 g/mol. The molecule has 0 unspecified atom stereocenters. The van der Waals surface area contributed by atoms with Gasteiger partial charge in [0.05, 0.1) is 18.8 Å². The third-order valence-corrected chi connectivity index (χ3v) is 4.11. The van der Waals surface area contributed by atoms with E-state index in [9.17, 15) is 9.90 Å². The summed E-state index contributed by atoms with van der Waals surface area (Å²) in [4.78, 5) is 12.3. The Morgan fingerprint density at radius 1 is 1.30 bits per heavy atom. The highest BCUT2D eigenvalue weighted by molar-refractivity contribution is 6.30. The van der Waals surface area contributed by atoms with Crippen molar-refractivity contribution >= 4 is 23.3 Å². The van der Waals surface area contributed by atoms with Crippen molar-refractivity contribution in [1.29, 1.82) is 0 Å². The van der Waals surface area contributed by atoms with E-state index < -0.39 is 0 Å². The van der Waals surface area contributed by atoms with Gasteiger partial charge in [-0.25, -0.2) is 4.68 Å². The Morgan fingerprint density at radius 2 is 2.00 bits per heavy atom. The number of hydrogen-bond donors (Lipinski definition) is 2. The van der Waals surface area contributed by atoms with E-state index in [1.165, 1.54) is 0 Å². The molecule has 1 amide bonds. The summed E-state index contributed by atoms with van der Waals surface area (Å²) in [7, 11) is 0. The standard InChI is InChI=1S/C17H18ClN3O2/c18-14-7-5-12(6-8-14)15-11-16(21(20-15)9-10-22)19-17(23)13-3-1-2-4-13/h1-2,5-8,11,13,22H,3-4,9-10H2,(H,19,23). The van der Waals surface area contributed by atoms with Crippen molar-refractivity contribution in [2.75, 3.05) is 11.9 Å². The Bertz CT molecular complexity index is 714. The van der Waals surface area contributed by atoms with Crippen LogP contribution in [0.15, 0.2) is 42.5 Å². The Kier molecular flexibility index (Phi) is 4.79. The summed E-state index contributed by atoms with van der Waals surface area (Å²) in [6.07, 6.45) is 5.58. The first-order valence-electron chi connectivity index (χ1n) is 7.58. The summed E-state index contributed by atoms with van der Waals surface area (Å²) in [5, 5.41) is 17.2. The maximum atomic E-state index is 12.3. The van der Waals surface area contributed by atoms with Gasteiger partial charge < -0.3 is 10.4 Å². The minimum atomic E-state index is -0.0460. The zero-order chi connectivity index (χ0) is 16.2. The van der Waals surface area contributed by atoms with Crippen molar-refractivity contribution in [3.63, 3.8) is 0 Å². The van der Waals surface area contributed by atoms with Gasteiger partial charge in [0.1, 0.15) is 5.82 Å². The highest BCUT2D eigenvalue weighted by Crippen LogP contribution is 2.25. The summed E-state index contributed by atoms with van der Waals surface area (Å²) >= 11 is 5.91. The van der Waals surface area contributed by atoms with Gasteiger partial charge in [-0.3, -0.25) is 4.79 Å². The van der Waals surface area contributed by atoms with Crippen LogP contribution in [0.1, 0.15) is 12.8 Å². The van der Waals surface area contributed by atoms with Crippen molar-refractivity contribution in [3.05, 3.63) is 47.5 Å². The van der Waals surface area contributed by atoms with Crippen LogP contribution in [0.25, 0.3) is 11.3 Å². The number of rotatable bonds is 5. The zero-order valence-corrected chi connectivity index (χ0v) is 13.3. The van der Waals surface area contributed by atoms with E-state index in [1.807, 2.05) is 30.4 Å². The second-order valence-electron chi connectivity index (χ2n) is 5.50. The van der Waals surface area contributed by atoms with E-state index in [2.05, 4.69) is 10.4 Å². The Morgan fingerprint density at radius 3 is 2.65 bits per heavy atom. The lowest BCUT2D eigenvalue weighted by atomic mass is 10.1. The van der Waals surface area contributed by atoms with Crippen LogP contribution < -0.4 is 5.32 Å². The van der Waals surface area contributed by atoms with Crippen molar-refractivity contribution in [3.8, 4) is 11.3 Å². The second-order valence-corrected chi connectivity index (χ2v) is 5.93. The number of nitrogens with zero attached hydrogens (tertiary/aromatic N) is 2. The molecule has 6 heteroatoms. The Labute approximate surface area is 139 Å². The lowest BCUT2D eigenvalue weighted by Gasteiger charge is -2.11. The van der Waals surface area contributed by atoms with Crippen LogP contribution in [0.3, 0.4) is 0 Å². The van der Waals surface area contributed by atoms with Crippen molar-refractivity contribution < 1.29 is 9.90 Å². The van der Waals surface area contributed by atoms with Crippen LogP contribution in [0.2, 0.25) is 5.02 Å². The highest BCUT2D eigenvalue weighted by atomic mass is 35.5. The lowest BCUT2D eigenvalue weighted by molar-refractivity contribution is -0.119. The zero-order valence-electron chi connectivity index (χ0n) is 12.6. The third-order valence-electron chi connectivity index (χ3n) is 3.86. The molecule has 1 aromatic carbocycles. The Balaban J connectivity index is 1.83. The Hall–Kier alpha value is -2.11. The maximum Gasteiger partial charge on any atom is 0.229 e. The molecule has 0 atom stereocenters. The molecule has 2 aromatic rings. The van der Waals surface area contributed by atoms with Gasteiger partial charge in [-0.1, -0.05) is 35.9 Å². The molecule has 1 aromatic heterocycles. The van der Waals surface area contributed by atoms with Gasteiger partial charge in [-0.2, -0.15) is 5.10 Å². The quantitative estimate of drug-likeness (QED) is 0.827. The number of aromatic nitrogens is 2. The van der Waals surface area contributed by atoms with Crippen LogP contribution >= 0.6 is 11.6 Å². The fraction of sp³-hybridized carbons (Fsp3) is 0.294. The van der Waals surface area contributed by atoms with Crippen molar-refractivity contribution in [1.82, 2.24) is 9.78 Å². The molecule has 0 saturated heterocycles. The number of hydrogen-bond acceptors (Lipinski definition) is 3. The molecule has 0 bridgehead atoms. The van der Waals surface area contributed by atoms with Crippen molar-refractivity contribution in [2.45, 2.75) is 19.4 Å². The van der Waals surface area contributed by atoms with Gasteiger partial charge in [-0.05, 0) is 25.0 Å². The average molecular weight is 332 g/mol. The van der Waals surface area contributed by atoms with Gasteiger partial charge in [0.2, 0.25) is 5.91 Å². The fourth-order valence-corrected chi connectivity index (χ4v) is 2.73. The predicted molar refractivity (Wildman–Crippen MR) is 90.3 cm³/mol. The number of aliphatic hydroxyl groups excluding tert-OH is 1. The highest BCUT2D eigenvalue weighted by Gasteiger charge is 2.21. The molecular weight excluding hydrogens is 314 g/mol. The summed E-state index contributed by atoms with van der Waals surface area (Å²) < 4.78 is 1.62. The molecule has 5 nitrogen and oxygen atoms in total. The molecule has 0 aliphatic heterocycles. The molecule has 0 fully saturated rings. The van der Waals surface area contributed by atoms with Gasteiger partial charge >= 0.3 is 0 Å². The molecule has 0 radical (unpaired) electrons. The number of amides is 1. The van der Waals surface area contributed by atoms with Crippen LogP contribution in [0, 0.1) is 5.92 Å². The lowest BCUT2D eigenvalue weighted by Crippen LogP contribution is -2.22. The summed E-state index contributed by atoms with van der Waals surface area (Å²) in [5.74, 6) is 0.559. The number of allylic oxidation sites excluding steroid dienone is 2. The molecule has 1 heterocycles. The first kappa shape index (κ1) is 15.8. The molecule has 1 aliphatic rings. The van der Waals surface area contributed by atoms with E-state index >= 15 is 0 Å². The number of carbonyl (C=O) groups excluding carboxylic acids is 1. The molecule has 0 spiro atoms. The number of aliphatic hydroxyl groups is 1. The molecule has 3 rings (SSSR count). The molecule has 23 heavy (non-hydrogen) atoms. The van der Waals surface area contributed by atoms with E-state index in [4.69, 9.17) is 11.6 Å². The molecule has 1 aliphatic carbocycles.